The van der Waals surface area contributed by atoms with Crippen LogP contribution in [0.4, 0.5) is 5.82 Å². The highest BCUT2D eigenvalue weighted by Crippen LogP contribution is 2.09. The summed E-state index contributed by atoms with van der Waals surface area (Å²) in [6, 6.07) is 0. The number of rotatable bonds is 8. The van der Waals surface area contributed by atoms with Crippen LogP contribution in [0.15, 0.2) is 18.6 Å². The van der Waals surface area contributed by atoms with Gasteiger partial charge in [0.2, 0.25) is 5.88 Å². The Morgan fingerprint density at radius 2 is 2.33 bits per heavy atom. The molecule has 9 nitrogen and oxygen atoms in total. The van der Waals surface area contributed by atoms with Crippen molar-refractivity contribution in [1.29, 1.82) is 0 Å². The fraction of sp³-hybridized carbons (Fsp3) is 0.417. The Kier molecular flexibility index (Phi) is 5.02. The van der Waals surface area contributed by atoms with Crippen molar-refractivity contribution in [2.75, 3.05) is 18.5 Å². The molecule has 0 saturated heterocycles. The number of aromatic nitrogens is 5. The number of carboxylic acids is 1. The minimum Gasteiger partial charge on any atom is -0.477 e. The largest absolute Gasteiger partial charge is 0.477 e. The topological polar surface area (TPSA) is 115 Å². The van der Waals surface area contributed by atoms with Crippen LogP contribution < -0.4 is 10.1 Å². The average Bonchev–Trinajstić information content (AvgIpc) is 2.95. The molecule has 0 fully saturated rings. The molecule has 0 aliphatic carbocycles. The van der Waals surface area contributed by atoms with Gasteiger partial charge in [-0.1, -0.05) is 12.1 Å². The number of carboxylic acid groups (broad SMARTS) is 1. The molecule has 0 aromatic carbocycles. The first-order valence-electron chi connectivity index (χ1n) is 6.51. The van der Waals surface area contributed by atoms with Gasteiger partial charge in [-0.15, -0.1) is 5.10 Å². The molecule has 112 valence electrons. The first-order valence-corrected chi connectivity index (χ1v) is 6.51. The molecule has 2 N–H and O–H groups in total. The second kappa shape index (κ2) is 7.17. The molecule has 2 rings (SSSR count). The third kappa shape index (κ3) is 4.41. The average molecular weight is 292 g/mol. The van der Waals surface area contributed by atoms with E-state index in [4.69, 9.17) is 9.84 Å². The van der Waals surface area contributed by atoms with Gasteiger partial charge in [0.25, 0.3) is 0 Å². The molecule has 2 heterocycles. The predicted molar refractivity (Wildman–Crippen MR) is 73.3 cm³/mol. The molecule has 0 aliphatic heterocycles. The number of aromatic carboxylic acids is 1. The molecule has 0 aliphatic rings. The Hall–Kier alpha value is -2.71. The molecule has 0 amide bonds. The second-order valence-corrected chi connectivity index (χ2v) is 4.19. The van der Waals surface area contributed by atoms with E-state index in [2.05, 4.69) is 25.6 Å². The second-order valence-electron chi connectivity index (χ2n) is 4.19. The Morgan fingerprint density at radius 3 is 3.05 bits per heavy atom. The van der Waals surface area contributed by atoms with Crippen molar-refractivity contribution in [3.05, 3.63) is 24.3 Å². The summed E-state index contributed by atoms with van der Waals surface area (Å²) in [6.07, 6.45) is 5.41. The third-order valence-corrected chi connectivity index (χ3v) is 2.47. The SMILES string of the molecule is CCCOc1cncc(NCCn2cc(C(=O)O)nn2)n1. The van der Waals surface area contributed by atoms with E-state index in [1.54, 1.807) is 12.4 Å². The van der Waals surface area contributed by atoms with Gasteiger partial charge in [0, 0.05) is 6.54 Å². The number of nitrogens with one attached hydrogen (secondary N) is 1. The zero-order valence-corrected chi connectivity index (χ0v) is 11.6. The molecular formula is C12H16N6O3. The number of carbonyl (C=O) groups is 1. The molecule has 0 saturated carbocycles. The van der Waals surface area contributed by atoms with Crippen LogP contribution in [-0.4, -0.2) is 49.2 Å². The minimum absolute atomic E-state index is 0.0789. The minimum atomic E-state index is -1.10. The van der Waals surface area contributed by atoms with Crippen LogP contribution in [0.5, 0.6) is 5.88 Å². The summed E-state index contributed by atoms with van der Waals surface area (Å²) in [5, 5.41) is 19.0. The predicted octanol–water partition coefficient (Wildman–Crippen LogP) is 0.667. The number of hydrogen-bond donors (Lipinski definition) is 2. The first kappa shape index (κ1) is 14.7. The number of hydrogen-bond acceptors (Lipinski definition) is 7. The van der Waals surface area contributed by atoms with Crippen LogP contribution in [0.3, 0.4) is 0 Å². The van der Waals surface area contributed by atoms with Crippen LogP contribution in [0.25, 0.3) is 0 Å². The molecule has 2 aromatic rings. The Morgan fingerprint density at radius 1 is 1.48 bits per heavy atom. The van der Waals surface area contributed by atoms with Gasteiger partial charge in [-0.05, 0) is 6.42 Å². The Bertz CT molecular complexity index is 600. The lowest BCUT2D eigenvalue weighted by atomic mass is 10.5. The summed E-state index contributed by atoms with van der Waals surface area (Å²) in [7, 11) is 0. The van der Waals surface area contributed by atoms with Gasteiger partial charge in [0.05, 0.1) is 31.7 Å². The highest BCUT2D eigenvalue weighted by Gasteiger charge is 2.07. The summed E-state index contributed by atoms with van der Waals surface area (Å²) in [5.41, 5.74) is -0.0789. The lowest BCUT2D eigenvalue weighted by Crippen LogP contribution is -2.12. The first-order chi connectivity index (χ1) is 10.2. The van der Waals surface area contributed by atoms with Crippen LogP contribution >= 0.6 is 0 Å². The van der Waals surface area contributed by atoms with Crippen molar-refractivity contribution in [1.82, 2.24) is 25.0 Å². The fourth-order valence-electron chi connectivity index (χ4n) is 1.51. The van der Waals surface area contributed by atoms with Gasteiger partial charge in [-0.2, -0.15) is 4.98 Å². The van der Waals surface area contributed by atoms with E-state index < -0.39 is 5.97 Å². The van der Waals surface area contributed by atoms with Crippen molar-refractivity contribution < 1.29 is 14.6 Å². The lowest BCUT2D eigenvalue weighted by Gasteiger charge is -2.07. The Balaban J connectivity index is 1.83. The molecule has 0 atom stereocenters. The maximum atomic E-state index is 10.7. The molecule has 2 aromatic heterocycles. The summed E-state index contributed by atoms with van der Waals surface area (Å²) >= 11 is 0. The fourth-order valence-corrected chi connectivity index (χ4v) is 1.51. The highest BCUT2D eigenvalue weighted by atomic mass is 16.5. The molecule has 0 unspecified atom stereocenters. The van der Waals surface area contributed by atoms with E-state index in [0.29, 0.717) is 31.4 Å². The van der Waals surface area contributed by atoms with Gasteiger partial charge >= 0.3 is 5.97 Å². The zero-order valence-electron chi connectivity index (χ0n) is 11.6. The van der Waals surface area contributed by atoms with Crippen LogP contribution in [0.1, 0.15) is 23.8 Å². The highest BCUT2D eigenvalue weighted by molar-refractivity contribution is 5.84. The van der Waals surface area contributed by atoms with Crippen molar-refractivity contribution in [3.63, 3.8) is 0 Å². The van der Waals surface area contributed by atoms with Gasteiger partial charge in [-0.3, -0.25) is 4.98 Å². The van der Waals surface area contributed by atoms with Crippen LogP contribution in [0, 0.1) is 0 Å². The van der Waals surface area contributed by atoms with Gasteiger partial charge < -0.3 is 15.2 Å². The molecule has 0 spiro atoms. The van der Waals surface area contributed by atoms with Crippen molar-refractivity contribution in [2.24, 2.45) is 0 Å². The standard InChI is InChI=1S/C12H16N6O3/c1-2-5-21-11-7-13-6-10(15-11)14-3-4-18-8-9(12(19)20)16-17-18/h6-8H,2-5H2,1H3,(H,14,15)(H,19,20). The van der Waals surface area contributed by atoms with E-state index in [1.807, 2.05) is 6.92 Å². The van der Waals surface area contributed by atoms with Crippen LogP contribution in [-0.2, 0) is 6.54 Å². The van der Waals surface area contributed by atoms with Crippen molar-refractivity contribution in [3.8, 4) is 5.88 Å². The summed E-state index contributed by atoms with van der Waals surface area (Å²) in [5.74, 6) is -0.0428. The van der Waals surface area contributed by atoms with Gasteiger partial charge in [0.15, 0.2) is 5.69 Å². The van der Waals surface area contributed by atoms with Crippen LogP contribution in [0.2, 0.25) is 0 Å². The normalized spacial score (nSPS) is 10.3. The quantitative estimate of drug-likeness (QED) is 0.729. The summed E-state index contributed by atoms with van der Waals surface area (Å²) in [6.45, 7) is 3.57. The van der Waals surface area contributed by atoms with Gasteiger partial charge in [0.1, 0.15) is 5.82 Å². The number of anilines is 1. The molecular weight excluding hydrogens is 276 g/mol. The van der Waals surface area contributed by atoms with E-state index in [1.165, 1.54) is 10.9 Å². The van der Waals surface area contributed by atoms with Crippen molar-refractivity contribution in [2.45, 2.75) is 19.9 Å². The maximum absolute atomic E-state index is 10.7. The van der Waals surface area contributed by atoms with E-state index in [9.17, 15) is 4.79 Å². The van der Waals surface area contributed by atoms with E-state index >= 15 is 0 Å². The zero-order chi connectivity index (χ0) is 15.1. The number of nitrogens with zero attached hydrogens (tertiary/aromatic N) is 5. The summed E-state index contributed by atoms with van der Waals surface area (Å²) in [4.78, 5) is 18.9. The smallest absolute Gasteiger partial charge is 0.358 e. The third-order valence-electron chi connectivity index (χ3n) is 2.47. The maximum Gasteiger partial charge on any atom is 0.358 e. The summed E-state index contributed by atoms with van der Waals surface area (Å²) < 4.78 is 6.83. The number of ether oxygens (including phenoxy) is 1. The monoisotopic (exact) mass is 292 g/mol. The molecule has 0 bridgehead atoms. The van der Waals surface area contributed by atoms with Crippen molar-refractivity contribution >= 4 is 11.8 Å². The molecule has 0 radical (unpaired) electrons. The molecule has 9 heteroatoms. The van der Waals surface area contributed by atoms with E-state index in [0.717, 1.165) is 6.42 Å². The Labute approximate surface area is 121 Å². The van der Waals surface area contributed by atoms with E-state index in [-0.39, 0.29) is 5.69 Å². The lowest BCUT2D eigenvalue weighted by molar-refractivity contribution is 0.0690. The molecule has 21 heavy (non-hydrogen) atoms. The van der Waals surface area contributed by atoms with Gasteiger partial charge in [-0.25, -0.2) is 9.48 Å².